The van der Waals surface area contributed by atoms with Gasteiger partial charge in [-0.25, -0.2) is 0 Å². The summed E-state index contributed by atoms with van der Waals surface area (Å²) in [5, 5.41) is 6.93. The number of nitrogens with zero attached hydrogens (tertiary/aromatic N) is 1. The molecular weight excluding hydrogens is 350 g/mol. The molecule has 0 aliphatic carbocycles. The van der Waals surface area contributed by atoms with Crippen LogP contribution in [0.25, 0.3) is 0 Å². The number of rotatable bonds is 7. The summed E-state index contributed by atoms with van der Waals surface area (Å²) < 4.78 is 10.6. The van der Waals surface area contributed by atoms with Crippen LogP contribution in [0.3, 0.4) is 0 Å². The lowest BCUT2D eigenvalue weighted by molar-refractivity contribution is -0.125. The van der Waals surface area contributed by atoms with Gasteiger partial charge >= 0.3 is 0 Å². The maximum atomic E-state index is 12.8. The number of carbonyl (C=O) groups is 1. The summed E-state index contributed by atoms with van der Waals surface area (Å²) >= 11 is 5.53. The van der Waals surface area contributed by atoms with E-state index in [1.54, 1.807) is 14.2 Å². The fourth-order valence-electron chi connectivity index (χ4n) is 3.27. The van der Waals surface area contributed by atoms with Crippen LogP contribution in [0.1, 0.15) is 25.3 Å². The van der Waals surface area contributed by atoms with Gasteiger partial charge in [0.15, 0.2) is 5.11 Å². The van der Waals surface area contributed by atoms with E-state index in [0.717, 1.165) is 11.3 Å². The van der Waals surface area contributed by atoms with Crippen molar-refractivity contribution in [1.29, 1.82) is 0 Å². The first-order valence-electron chi connectivity index (χ1n) is 8.93. The van der Waals surface area contributed by atoms with E-state index < -0.39 is 0 Å². The highest BCUT2D eigenvalue weighted by atomic mass is 32.1. The molecule has 2 rings (SSSR count). The maximum Gasteiger partial charge on any atom is 0.225 e. The Hall–Kier alpha value is -1.86. The summed E-state index contributed by atoms with van der Waals surface area (Å²) in [7, 11) is 3.28. The molecule has 1 aliphatic heterocycles. The van der Waals surface area contributed by atoms with Gasteiger partial charge in [-0.15, -0.1) is 0 Å². The van der Waals surface area contributed by atoms with Crippen molar-refractivity contribution < 1.29 is 14.3 Å². The average molecular weight is 380 g/mol. The number of hydrogen-bond donors (Lipinski definition) is 2. The van der Waals surface area contributed by atoms with E-state index in [1.165, 1.54) is 0 Å². The van der Waals surface area contributed by atoms with E-state index in [1.807, 2.05) is 24.3 Å². The summed E-state index contributed by atoms with van der Waals surface area (Å²) in [4.78, 5) is 14.9. The molecule has 26 heavy (non-hydrogen) atoms. The van der Waals surface area contributed by atoms with Crippen LogP contribution in [-0.4, -0.2) is 62.4 Å². The molecule has 1 fully saturated rings. The number of amides is 1. The van der Waals surface area contributed by atoms with E-state index in [-0.39, 0.29) is 23.8 Å². The first-order valence-corrected chi connectivity index (χ1v) is 9.33. The minimum Gasteiger partial charge on any atom is -0.496 e. The van der Waals surface area contributed by atoms with Crippen molar-refractivity contribution in [3.05, 3.63) is 29.8 Å². The van der Waals surface area contributed by atoms with Gasteiger partial charge in [0.05, 0.1) is 19.6 Å². The van der Waals surface area contributed by atoms with Crippen molar-refractivity contribution in [3.63, 3.8) is 0 Å². The largest absolute Gasteiger partial charge is 0.496 e. The minimum atomic E-state index is -0.199. The Bertz CT molecular complexity index is 624. The molecule has 2 atom stereocenters. The van der Waals surface area contributed by atoms with Crippen molar-refractivity contribution in [3.8, 4) is 5.75 Å². The van der Waals surface area contributed by atoms with Gasteiger partial charge in [0.25, 0.3) is 0 Å². The molecule has 0 aromatic heterocycles. The Labute approximate surface area is 161 Å². The number of hydrogen-bond acceptors (Lipinski definition) is 4. The average Bonchev–Trinajstić information content (AvgIpc) is 3.06. The molecule has 1 saturated heterocycles. The highest BCUT2D eigenvalue weighted by Gasteiger charge is 2.40. The second-order valence-electron chi connectivity index (χ2n) is 6.75. The van der Waals surface area contributed by atoms with E-state index in [2.05, 4.69) is 29.4 Å². The third-order valence-electron chi connectivity index (χ3n) is 4.50. The highest BCUT2D eigenvalue weighted by Crippen LogP contribution is 2.37. The van der Waals surface area contributed by atoms with Crippen molar-refractivity contribution in [2.24, 2.45) is 5.92 Å². The molecule has 0 bridgehead atoms. The van der Waals surface area contributed by atoms with Crippen LogP contribution in [0.5, 0.6) is 5.75 Å². The summed E-state index contributed by atoms with van der Waals surface area (Å²) in [6.07, 6.45) is 0. The first-order chi connectivity index (χ1) is 12.5. The molecule has 0 radical (unpaired) electrons. The Kier molecular flexibility index (Phi) is 7.66. The predicted octanol–water partition coefficient (Wildman–Crippen LogP) is 1.76. The number of carbonyl (C=O) groups excluding carboxylic acids is 1. The van der Waals surface area contributed by atoms with Crippen LogP contribution in [0.15, 0.2) is 24.3 Å². The van der Waals surface area contributed by atoms with E-state index in [9.17, 15) is 4.79 Å². The molecule has 6 nitrogen and oxygen atoms in total. The SMILES string of the molecule is COCCNC(=O)[C@@H]1CN(C(=S)NC(C)C)C[C@@H]1c1ccccc1OC. The van der Waals surface area contributed by atoms with Crippen LogP contribution < -0.4 is 15.4 Å². The Morgan fingerprint density at radius 3 is 2.69 bits per heavy atom. The molecule has 2 N–H and O–H groups in total. The van der Waals surface area contributed by atoms with E-state index >= 15 is 0 Å². The smallest absolute Gasteiger partial charge is 0.225 e. The third-order valence-corrected chi connectivity index (χ3v) is 4.88. The van der Waals surface area contributed by atoms with Gasteiger partial charge in [-0.1, -0.05) is 18.2 Å². The van der Waals surface area contributed by atoms with Gasteiger partial charge in [0.1, 0.15) is 5.75 Å². The lowest BCUT2D eigenvalue weighted by atomic mass is 9.87. The number of para-hydroxylation sites is 1. The Morgan fingerprint density at radius 1 is 1.31 bits per heavy atom. The molecule has 1 heterocycles. The molecular formula is C19H29N3O3S. The number of ether oxygens (including phenoxy) is 2. The zero-order valence-electron chi connectivity index (χ0n) is 16.0. The van der Waals surface area contributed by atoms with E-state index in [0.29, 0.717) is 31.4 Å². The van der Waals surface area contributed by atoms with Gasteiger partial charge in [-0.2, -0.15) is 0 Å². The Morgan fingerprint density at radius 2 is 2.04 bits per heavy atom. The maximum absolute atomic E-state index is 12.8. The number of methoxy groups -OCH3 is 2. The van der Waals surface area contributed by atoms with Gasteiger partial charge in [-0.05, 0) is 37.7 Å². The first kappa shape index (κ1) is 20.5. The molecule has 0 spiro atoms. The highest BCUT2D eigenvalue weighted by molar-refractivity contribution is 7.80. The zero-order valence-corrected chi connectivity index (χ0v) is 16.8. The molecule has 144 valence electrons. The number of likely N-dealkylation sites (tertiary alicyclic amines) is 1. The monoisotopic (exact) mass is 379 g/mol. The lowest BCUT2D eigenvalue weighted by Crippen LogP contribution is -2.42. The molecule has 1 amide bonds. The normalized spacial score (nSPS) is 19.5. The van der Waals surface area contributed by atoms with Crippen molar-refractivity contribution in [2.45, 2.75) is 25.8 Å². The summed E-state index contributed by atoms with van der Waals surface area (Å²) in [6, 6.07) is 8.13. The van der Waals surface area contributed by atoms with Gasteiger partial charge in [0, 0.05) is 38.7 Å². The molecule has 7 heteroatoms. The van der Waals surface area contributed by atoms with Crippen molar-refractivity contribution in [1.82, 2.24) is 15.5 Å². The van der Waals surface area contributed by atoms with Crippen molar-refractivity contribution in [2.75, 3.05) is 40.5 Å². The lowest BCUT2D eigenvalue weighted by Gasteiger charge is -2.22. The summed E-state index contributed by atoms with van der Waals surface area (Å²) in [6.45, 7) is 6.36. The molecule has 1 aliphatic rings. The fraction of sp³-hybridized carbons (Fsp3) is 0.579. The molecule has 0 unspecified atom stereocenters. The van der Waals surface area contributed by atoms with Crippen LogP contribution in [0, 0.1) is 5.92 Å². The quantitative estimate of drug-likeness (QED) is 0.556. The second-order valence-corrected chi connectivity index (χ2v) is 7.13. The molecule has 0 saturated carbocycles. The van der Waals surface area contributed by atoms with Crippen LogP contribution in [-0.2, 0) is 9.53 Å². The topological polar surface area (TPSA) is 62.8 Å². The summed E-state index contributed by atoms with van der Waals surface area (Å²) in [5.74, 6) is 0.639. The second kappa shape index (κ2) is 9.73. The zero-order chi connectivity index (χ0) is 19.1. The van der Waals surface area contributed by atoms with Crippen LogP contribution >= 0.6 is 12.2 Å². The number of thiocarbonyl (C=S) groups is 1. The predicted molar refractivity (Wildman–Crippen MR) is 107 cm³/mol. The van der Waals surface area contributed by atoms with E-state index in [4.69, 9.17) is 21.7 Å². The van der Waals surface area contributed by atoms with Crippen LogP contribution in [0.4, 0.5) is 0 Å². The summed E-state index contributed by atoms with van der Waals surface area (Å²) in [5.41, 5.74) is 1.04. The van der Waals surface area contributed by atoms with Gasteiger partial charge in [0.2, 0.25) is 5.91 Å². The molecule has 1 aromatic carbocycles. The minimum absolute atomic E-state index is 0.0145. The van der Waals surface area contributed by atoms with Gasteiger partial charge in [-0.3, -0.25) is 4.79 Å². The third kappa shape index (κ3) is 5.08. The standard InChI is InChI=1S/C19H29N3O3S/c1-13(2)21-19(26)22-11-15(14-7-5-6-8-17(14)25-4)16(12-22)18(23)20-9-10-24-3/h5-8,13,15-16H,9-12H2,1-4H3,(H,20,23)(H,21,26)/t15-,16-/m1/s1. The van der Waals surface area contributed by atoms with Gasteiger partial charge < -0.3 is 25.0 Å². The van der Waals surface area contributed by atoms with Crippen molar-refractivity contribution >= 4 is 23.2 Å². The molecule has 1 aromatic rings. The number of benzene rings is 1. The Balaban J connectivity index is 2.22. The van der Waals surface area contributed by atoms with Crippen LogP contribution in [0.2, 0.25) is 0 Å². The fourth-order valence-corrected chi connectivity index (χ4v) is 3.65. The number of nitrogens with one attached hydrogen (secondary N) is 2.